The van der Waals surface area contributed by atoms with Crippen molar-refractivity contribution in [3.8, 4) is 0 Å². The Morgan fingerprint density at radius 2 is 2.23 bits per heavy atom. The number of piperazine rings is 1. The molecule has 13 heavy (non-hydrogen) atoms. The summed E-state index contributed by atoms with van der Waals surface area (Å²) in [6.45, 7) is 8.72. The van der Waals surface area contributed by atoms with Crippen LogP contribution in [-0.2, 0) is 9.53 Å². The van der Waals surface area contributed by atoms with Gasteiger partial charge in [0.25, 0.3) is 0 Å². The molecule has 0 atom stereocenters. The Hall–Kier alpha value is -0.870. The largest absolute Gasteiger partial charge is 0.461 e. The molecule has 0 radical (unpaired) electrons. The van der Waals surface area contributed by atoms with Crippen LogP contribution in [0, 0.1) is 0 Å². The van der Waals surface area contributed by atoms with Crippen molar-refractivity contribution in [3.05, 3.63) is 12.7 Å². The van der Waals surface area contributed by atoms with Crippen LogP contribution in [0.4, 0.5) is 0 Å². The Morgan fingerprint density at radius 1 is 1.54 bits per heavy atom. The number of carbonyl (C=O) groups excluding carboxylic acids is 1. The highest BCUT2D eigenvalue weighted by atomic mass is 16.5. The zero-order chi connectivity index (χ0) is 9.52. The van der Waals surface area contributed by atoms with E-state index in [-0.39, 0.29) is 5.97 Å². The highest BCUT2D eigenvalue weighted by molar-refractivity contribution is 5.81. The maximum absolute atomic E-state index is 10.7. The van der Waals surface area contributed by atoms with Gasteiger partial charge in [-0.05, 0) is 0 Å². The molecular weight excluding hydrogens is 168 g/mol. The molecule has 1 heterocycles. The minimum atomic E-state index is -0.338. The Labute approximate surface area is 78.5 Å². The normalized spacial score (nSPS) is 18.2. The summed E-state index contributed by atoms with van der Waals surface area (Å²) in [6.07, 6.45) is 1.19. The third kappa shape index (κ3) is 4.05. The molecule has 1 fully saturated rings. The van der Waals surface area contributed by atoms with Crippen LogP contribution in [0.5, 0.6) is 0 Å². The van der Waals surface area contributed by atoms with Crippen LogP contribution >= 0.6 is 0 Å². The minimum Gasteiger partial charge on any atom is -0.461 e. The first-order chi connectivity index (χ1) is 6.33. The van der Waals surface area contributed by atoms with Crippen molar-refractivity contribution in [3.63, 3.8) is 0 Å². The zero-order valence-corrected chi connectivity index (χ0v) is 7.79. The van der Waals surface area contributed by atoms with Crippen molar-refractivity contribution in [1.82, 2.24) is 10.2 Å². The van der Waals surface area contributed by atoms with Crippen LogP contribution in [0.15, 0.2) is 12.7 Å². The van der Waals surface area contributed by atoms with Gasteiger partial charge in [-0.15, -0.1) is 0 Å². The molecule has 1 aliphatic heterocycles. The maximum Gasteiger partial charge on any atom is 0.330 e. The highest BCUT2D eigenvalue weighted by Gasteiger charge is 2.08. The predicted molar refractivity (Wildman–Crippen MR) is 50.5 cm³/mol. The van der Waals surface area contributed by atoms with E-state index in [0.29, 0.717) is 6.61 Å². The number of nitrogens with zero attached hydrogens (tertiary/aromatic N) is 1. The topological polar surface area (TPSA) is 41.6 Å². The molecule has 1 N–H and O–H groups in total. The summed E-state index contributed by atoms with van der Waals surface area (Å²) < 4.78 is 4.87. The molecular formula is C9H16N2O2. The van der Waals surface area contributed by atoms with E-state index in [0.717, 1.165) is 32.7 Å². The van der Waals surface area contributed by atoms with E-state index in [4.69, 9.17) is 4.74 Å². The molecule has 1 aliphatic rings. The molecule has 0 unspecified atom stereocenters. The highest BCUT2D eigenvalue weighted by Crippen LogP contribution is 1.91. The smallest absolute Gasteiger partial charge is 0.330 e. The quantitative estimate of drug-likeness (QED) is 0.478. The van der Waals surface area contributed by atoms with E-state index >= 15 is 0 Å². The molecule has 0 amide bonds. The number of nitrogens with one attached hydrogen (secondary N) is 1. The van der Waals surface area contributed by atoms with Gasteiger partial charge in [0.05, 0.1) is 0 Å². The molecule has 1 rings (SSSR count). The predicted octanol–water partition coefficient (Wildman–Crippen LogP) is -0.379. The van der Waals surface area contributed by atoms with Crippen LogP contribution in [0.3, 0.4) is 0 Å². The molecule has 0 saturated carbocycles. The van der Waals surface area contributed by atoms with Gasteiger partial charge in [0.2, 0.25) is 0 Å². The van der Waals surface area contributed by atoms with Crippen LogP contribution in [0.2, 0.25) is 0 Å². The molecule has 0 aromatic rings. The standard InChI is InChI=1S/C9H16N2O2/c1-2-9(12)13-8-7-11-5-3-10-4-6-11/h2,10H,1,3-8H2. The molecule has 0 spiro atoms. The summed E-state index contributed by atoms with van der Waals surface area (Å²) >= 11 is 0. The van der Waals surface area contributed by atoms with Gasteiger partial charge in [-0.1, -0.05) is 6.58 Å². The lowest BCUT2D eigenvalue weighted by molar-refractivity contribution is -0.138. The van der Waals surface area contributed by atoms with E-state index in [1.54, 1.807) is 0 Å². The minimum absolute atomic E-state index is 0.338. The second-order valence-electron chi connectivity index (χ2n) is 2.96. The van der Waals surface area contributed by atoms with Crippen LogP contribution in [-0.4, -0.2) is 50.2 Å². The summed E-state index contributed by atoms with van der Waals surface area (Å²) in [4.78, 5) is 13.0. The monoisotopic (exact) mass is 184 g/mol. The summed E-state index contributed by atoms with van der Waals surface area (Å²) in [6, 6.07) is 0. The van der Waals surface area contributed by atoms with Gasteiger partial charge in [-0.2, -0.15) is 0 Å². The molecule has 74 valence electrons. The van der Waals surface area contributed by atoms with E-state index in [1.807, 2.05) is 0 Å². The Morgan fingerprint density at radius 3 is 2.85 bits per heavy atom. The van der Waals surface area contributed by atoms with E-state index in [9.17, 15) is 4.79 Å². The van der Waals surface area contributed by atoms with Crippen molar-refractivity contribution < 1.29 is 9.53 Å². The lowest BCUT2D eigenvalue weighted by Crippen LogP contribution is -2.44. The fraction of sp³-hybridized carbons (Fsp3) is 0.667. The van der Waals surface area contributed by atoms with Gasteiger partial charge in [0.15, 0.2) is 0 Å². The Bertz CT molecular complexity index is 176. The Kier molecular flexibility index (Phi) is 4.49. The SMILES string of the molecule is C=CC(=O)OCCN1CCNCC1. The number of hydrogen-bond acceptors (Lipinski definition) is 4. The molecule has 4 heteroatoms. The number of hydrogen-bond donors (Lipinski definition) is 1. The second kappa shape index (κ2) is 5.72. The van der Waals surface area contributed by atoms with E-state index in [2.05, 4.69) is 16.8 Å². The zero-order valence-electron chi connectivity index (χ0n) is 7.79. The van der Waals surface area contributed by atoms with Crippen molar-refractivity contribution in [2.75, 3.05) is 39.3 Å². The number of esters is 1. The molecule has 0 bridgehead atoms. The lowest BCUT2D eigenvalue weighted by Gasteiger charge is -2.26. The first kappa shape index (κ1) is 10.2. The summed E-state index contributed by atoms with van der Waals surface area (Å²) in [7, 11) is 0. The van der Waals surface area contributed by atoms with Crippen LogP contribution in [0.1, 0.15) is 0 Å². The average Bonchev–Trinajstić information content (AvgIpc) is 2.19. The first-order valence-corrected chi connectivity index (χ1v) is 4.55. The first-order valence-electron chi connectivity index (χ1n) is 4.55. The molecule has 4 nitrogen and oxygen atoms in total. The van der Waals surface area contributed by atoms with Gasteiger partial charge in [-0.25, -0.2) is 4.79 Å². The number of carbonyl (C=O) groups is 1. The van der Waals surface area contributed by atoms with Crippen molar-refractivity contribution in [2.45, 2.75) is 0 Å². The molecule has 0 aliphatic carbocycles. The fourth-order valence-corrected chi connectivity index (χ4v) is 1.27. The van der Waals surface area contributed by atoms with Crippen molar-refractivity contribution >= 4 is 5.97 Å². The molecule has 0 aromatic heterocycles. The van der Waals surface area contributed by atoms with E-state index < -0.39 is 0 Å². The van der Waals surface area contributed by atoms with Gasteiger partial charge in [-0.3, -0.25) is 4.90 Å². The van der Waals surface area contributed by atoms with Crippen molar-refractivity contribution in [2.24, 2.45) is 0 Å². The third-order valence-electron chi connectivity index (χ3n) is 2.03. The molecule has 1 saturated heterocycles. The number of ether oxygens (including phenoxy) is 1. The molecule has 0 aromatic carbocycles. The van der Waals surface area contributed by atoms with E-state index in [1.165, 1.54) is 6.08 Å². The van der Waals surface area contributed by atoms with Gasteiger partial charge < -0.3 is 10.1 Å². The van der Waals surface area contributed by atoms with Crippen LogP contribution < -0.4 is 5.32 Å². The second-order valence-corrected chi connectivity index (χ2v) is 2.96. The number of rotatable bonds is 4. The summed E-state index contributed by atoms with van der Waals surface area (Å²) in [5.74, 6) is -0.338. The Balaban J connectivity index is 2.04. The average molecular weight is 184 g/mol. The van der Waals surface area contributed by atoms with Gasteiger partial charge >= 0.3 is 5.97 Å². The third-order valence-corrected chi connectivity index (χ3v) is 2.03. The summed E-state index contributed by atoms with van der Waals surface area (Å²) in [5.41, 5.74) is 0. The van der Waals surface area contributed by atoms with Crippen molar-refractivity contribution in [1.29, 1.82) is 0 Å². The lowest BCUT2D eigenvalue weighted by atomic mass is 10.4. The van der Waals surface area contributed by atoms with Gasteiger partial charge in [0, 0.05) is 38.8 Å². The fourth-order valence-electron chi connectivity index (χ4n) is 1.27. The summed E-state index contributed by atoms with van der Waals surface area (Å²) in [5, 5.41) is 3.26. The van der Waals surface area contributed by atoms with Crippen LogP contribution in [0.25, 0.3) is 0 Å². The maximum atomic E-state index is 10.7. The van der Waals surface area contributed by atoms with Gasteiger partial charge in [0.1, 0.15) is 6.61 Å².